The van der Waals surface area contributed by atoms with Gasteiger partial charge in [0.1, 0.15) is 0 Å². The topological polar surface area (TPSA) is 42.0 Å². The Hall–Kier alpha value is -1.68. The van der Waals surface area contributed by atoms with E-state index in [-0.39, 0.29) is 5.91 Å². The van der Waals surface area contributed by atoms with Crippen LogP contribution in [0.5, 0.6) is 0 Å². The van der Waals surface area contributed by atoms with Gasteiger partial charge in [-0.05, 0) is 49.7 Å². The smallest absolute Gasteiger partial charge is 0.257 e. The van der Waals surface area contributed by atoms with Crippen molar-refractivity contribution in [1.82, 2.24) is 4.98 Å². The molecule has 0 atom stereocenters. The van der Waals surface area contributed by atoms with Gasteiger partial charge in [-0.15, -0.1) is 0 Å². The molecule has 0 saturated heterocycles. The van der Waals surface area contributed by atoms with Gasteiger partial charge in [0.2, 0.25) is 0 Å². The van der Waals surface area contributed by atoms with E-state index >= 15 is 0 Å². The van der Waals surface area contributed by atoms with Crippen LogP contribution in [-0.4, -0.2) is 10.9 Å². The van der Waals surface area contributed by atoms with Gasteiger partial charge in [0, 0.05) is 22.1 Å². The van der Waals surface area contributed by atoms with Crippen molar-refractivity contribution >= 4 is 27.5 Å². The number of nitrogens with one attached hydrogen (secondary N) is 1. The molecule has 0 spiro atoms. The maximum absolute atomic E-state index is 12.0. The molecule has 0 saturated carbocycles. The quantitative estimate of drug-likeness (QED) is 0.919. The first-order chi connectivity index (χ1) is 8.56. The summed E-state index contributed by atoms with van der Waals surface area (Å²) >= 11 is 3.39. The summed E-state index contributed by atoms with van der Waals surface area (Å²) in [4.78, 5) is 16.1. The highest BCUT2D eigenvalue weighted by Gasteiger charge is 2.07. The summed E-state index contributed by atoms with van der Waals surface area (Å²) < 4.78 is 0.995. The lowest BCUT2D eigenvalue weighted by Gasteiger charge is -2.08. The minimum atomic E-state index is -0.145. The molecule has 0 bridgehead atoms. The molecule has 1 heterocycles. The SMILES string of the molecule is Cc1ccc(C(=O)Nc2ccc(Br)cc2C)cn1. The zero-order valence-corrected chi connectivity index (χ0v) is 11.8. The molecule has 1 N–H and O–H groups in total. The number of rotatable bonds is 2. The van der Waals surface area contributed by atoms with Crippen molar-refractivity contribution < 1.29 is 4.79 Å². The van der Waals surface area contributed by atoms with Crippen LogP contribution in [0.3, 0.4) is 0 Å². The van der Waals surface area contributed by atoms with Gasteiger partial charge in [0.15, 0.2) is 0 Å². The van der Waals surface area contributed by atoms with Gasteiger partial charge in [-0.2, -0.15) is 0 Å². The first-order valence-corrected chi connectivity index (χ1v) is 6.36. The lowest BCUT2D eigenvalue weighted by Crippen LogP contribution is -2.13. The maximum Gasteiger partial charge on any atom is 0.257 e. The largest absolute Gasteiger partial charge is 0.322 e. The summed E-state index contributed by atoms with van der Waals surface area (Å²) in [5.41, 5.74) is 3.27. The number of carbonyl (C=O) groups excluding carboxylic acids is 1. The molecule has 3 nitrogen and oxygen atoms in total. The number of benzene rings is 1. The highest BCUT2D eigenvalue weighted by molar-refractivity contribution is 9.10. The van der Waals surface area contributed by atoms with Crippen molar-refractivity contribution in [2.24, 2.45) is 0 Å². The fourth-order valence-electron chi connectivity index (χ4n) is 1.56. The summed E-state index contributed by atoms with van der Waals surface area (Å²) in [5, 5.41) is 2.87. The molecular formula is C14H13BrN2O. The Labute approximate surface area is 114 Å². The number of hydrogen-bond acceptors (Lipinski definition) is 2. The Morgan fingerprint density at radius 2 is 2.00 bits per heavy atom. The molecule has 0 aliphatic heterocycles. The van der Waals surface area contributed by atoms with E-state index in [0.29, 0.717) is 5.56 Å². The number of aromatic nitrogens is 1. The second kappa shape index (κ2) is 5.31. The predicted octanol–water partition coefficient (Wildman–Crippen LogP) is 3.71. The third kappa shape index (κ3) is 2.96. The molecule has 0 aliphatic carbocycles. The molecule has 0 aliphatic rings. The van der Waals surface area contributed by atoms with Crippen molar-refractivity contribution in [3.8, 4) is 0 Å². The van der Waals surface area contributed by atoms with Crippen LogP contribution in [0.25, 0.3) is 0 Å². The molecule has 1 aromatic carbocycles. The van der Waals surface area contributed by atoms with Crippen molar-refractivity contribution in [3.63, 3.8) is 0 Å². The molecule has 1 aromatic heterocycles. The van der Waals surface area contributed by atoms with E-state index in [1.54, 1.807) is 12.3 Å². The minimum Gasteiger partial charge on any atom is -0.322 e. The van der Waals surface area contributed by atoms with Crippen molar-refractivity contribution in [1.29, 1.82) is 0 Å². The van der Waals surface area contributed by atoms with Crippen molar-refractivity contribution in [2.45, 2.75) is 13.8 Å². The Bertz CT molecular complexity index is 579. The standard InChI is InChI=1S/C14H13BrN2O/c1-9-7-12(15)5-6-13(9)17-14(18)11-4-3-10(2)16-8-11/h3-8H,1-2H3,(H,17,18). The third-order valence-electron chi connectivity index (χ3n) is 2.61. The van der Waals surface area contributed by atoms with E-state index < -0.39 is 0 Å². The molecule has 4 heteroatoms. The third-order valence-corrected chi connectivity index (χ3v) is 3.10. The number of aryl methyl sites for hydroxylation is 2. The van der Waals surface area contributed by atoms with Crippen LogP contribution in [0.2, 0.25) is 0 Å². The average molecular weight is 305 g/mol. The number of anilines is 1. The molecular weight excluding hydrogens is 292 g/mol. The van der Waals surface area contributed by atoms with Gasteiger partial charge in [0.25, 0.3) is 5.91 Å². The highest BCUT2D eigenvalue weighted by atomic mass is 79.9. The minimum absolute atomic E-state index is 0.145. The molecule has 2 aromatic rings. The molecule has 0 fully saturated rings. The van der Waals surface area contributed by atoms with Crippen LogP contribution < -0.4 is 5.32 Å². The Kier molecular flexibility index (Phi) is 3.77. The van der Waals surface area contributed by atoms with Gasteiger partial charge in [-0.25, -0.2) is 0 Å². The van der Waals surface area contributed by atoms with Gasteiger partial charge in [-0.1, -0.05) is 15.9 Å². The maximum atomic E-state index is 12.0. The Morgan fingerprint density at radius 1 is 1.22 bits per heavy atom. The monoisotopic (exact) mass is 304 g/mol. The summed E-state index contributed by atoms with van der Waals surface area (Å²) in [6.45, 7) is 3.84. The Morgan fingerprint density at radius 3 is 2.61 bits per heavy atom. The Balaban J connectivity index is 2.18. The second-order valence-electron chi connectivity index (χ2n) is 4.10. The van der Waals surface area contributed by atoms with Crippen molar-refractivity contribution in [2.75, 3.05) is 5.32 Å². The zero-order valence-electron chi connectivity index (χ0n) is 10.2. The van der Waals surface area contributed by atoms with E-state index in [4.69, 9.17) is 0 Å². The molecule has 1 amide bonds. The average Bonchev–Trinajstić information content (AvgIpc) is 2.33. The van der Waals surface area contributed by atoms with Gasteiger partial charge in [0.05, 0.1) is 5.56 Å². The molecule has 0 unspecified atom stereocenters. The number of halogens is 1. The summed E-state index contributed by atoms with van der Waals surface area (Å²) in [6.07, 6.45) is 1.58. The van der Waals surface area contributed by atoms with Gasteiger partial charge >= 0.3 is 0 Å². The fraction of sp³-hybridized carbons (Fsp3) is 0.143. The van der Waals surface area contributed by atoms with E-state index in [1.165, 1.54) is 0 Å². The van der Waals surface area contributed by atoms with Crippen LogP contribution in [0.15, 0.2) is 41.0 Å². The molecule has 92 valence electrons. The van der Waals surface area contributed by atoms with Crippen LogP contribution in [0.4, 0.5) is 5.69 Å². The van der Waals surface area contributed by atoms with E-state index in [1.807, 2.05) is 38.1 Å². The normalized spacial score (nSPS) is 10.2. The van der Waals surface area contributed by atoms with Crippen LogP contribution >= 0.6 is 15.9 Å². The molecule has 18 heavy (non-hydrogen) atoms. The lowest BCUT2D eigenvalue weighted by atomic mass is 10.2. The molecule has 0 radical (unpaired) electrons. The summed E-state index contributed by atoms with van der Waals surface area (Å²) in [5.74, 6) is -0.145. The number of hydrogen-bond donors (Lipinski definition) is 1. The molecule has 2 rings (SSSR count). The van der Waals surface area contributed by atoms with Crippen LogP contribution in [-0.2, 0) is 0 Å². The van der Waals surface area contributed by atoms with E-state index in [9.17, 15) is 4.79 Å². The van der Waals surface area contributed by atoms with Crippen LogP contribution in [0, 0.1) is 13.8 Å². The number of nitrogens with zero attached hydrogens (tertiary/aromatic N) is 1. The van der Waals surface area contributed by atoms with E-state index in [0.717, 1.165) is 21.4 Å². The summed E-state index contributed by atoms with van der Waals surface area (Å²) in [6, 6.07) is 9.33. The summed E-state index contributed by atoms with van der Waals surface area (Å²) in [7, 11) is 0. The number of carbonyl (C=O) groups is 1. The highest BCUT2D eigenvalue weighted by Crippen LogP contribution is 2.20. The number of pyridine rings is 1. The fourth-order valence-corrected chi connectivity index (χ4v) is 2.04. The lowest BCUT2D eigenvalue weighted by molar-refractivity contribution is 0.102. The predicted molar refractivity (Wildman–Crippen MR) is 75.8 cm³/mol. The first kappa shape index (κ1) is 12.8. The zero-order chi connectivity index (χ0) is 13.1. The van der Waals surface area contributed by atoms with Crippen LogP contribution in [0.1, 0.15) is 21.6 Å². The van der Waals surface area contributed by atoms with Gasteiger partial charge in [-0.3, -0.25) is 9.78 Å². The number of amides is 1. The second-order valence-corrected chi connectivity index (χ2v) is 5.02. The van der Waals surface area contributed by atoms with Gasteiger partial charge < -0.3 is 5.32 Å². The van der Waals surface area contributed by atoms with E-state index in [2.05, 4.69) is 26.2 Å². The van der Waals surface area contributed by atoms with Crippen molar-refractivity contribution in [3.05, 3.63) is 57.8 Å². The first-order valence-electron chi connectivity index (χ1n) is 5.56.